The molecule has 0 spiro atoms. The molecule has 1 fully saturated rings. The summed E-state index contributed by atoms with van der Waals surface area (Å²) in [5.74, 6) is 1.22. The summed E-state index contributed by atoms with van der Waals surface area (Å²) in [4.78, 5) is 28.9. The largest absolute Gasteiger partial charge is 0.343 e. The fourth-order valence-corrected chi connectivity index (χ4v) is 3.29. The maximum Gasteiger partial charge on any atom is 0.321 e. The lowest BCUT2D eigenvalue weighted by Crippen LogP contribution is -2.42. The van der Waals surface area contributed by atoms with E-state index in [4.69, 9.17) is 0 Å². The average molecular weight is 360 g/mol. The van der Waals surface area contributed by atoms with Crippen LogP contribution in [0.5, 0.6) is 0 Å². The Morgan fingerprint density at radius 1 is 1.27 bits per heavy atom. The smallest absolute Gasteiger partial charge is 0.321 e. The van der Waals surface area contributed by atoms with Gasteiger partial charge in [0, 0.05) is 38.3 Å². The Kier molecular flexibility index (Phi) is 7.49. The average Bonchev–Trinajstić information content (AvgIpc) is 2.58. The minimum absolute atomic E-state index is 0.135. The van der Waals surface area contributed by atoms with Gasteiger partial charge in [-0.05, 0) is 49.3 Å². The van der Waals surface area contributed by atoms with Gasteiger partial charge in [0.15, 0.2) is 0 Å². The zero-order chi connectivity index (χ0) is 19.1. The van der Waals surface area contributed by atoms with Gasteiger partial charge in [0.05, 0.1) is 0 Å². The number of anilines is 1. The normalized spacial score (nSPS) is 15.2. The van der Waals surface area contributed by atoms with Crippen molar-refractivity contribution in [3.05, 3.63) is 29.8 Å². The minimum Gasteiger partial charge on any atom is -0.343 e. The van der Waals surface area contributed by atoms with Crippen LogP contribution in [0.25, 0.3) is 0 Å². The highest BCUT2D eigenvalue weighted by Gasteiger charge is 2.22. The molecule has 0 aliphatic carbocycles. The Hall–Kier alpha value is -2.04. The van der Waals surface area contributed by atoms with Crippen LogP contribution in [0.2, 0.25) is 0 Å². The van der Waals surface area contributed by atoms with Crippen LogP contribution in [0.3, 0.4) is 0 Å². The van der Waals surface area contributed by atoms with Crippen molar-refractivity contribution in [2.24, 2.45) is 11.8 Å². The molecular formula is C21H33N3O2. The van der Waals surface area contributed by atoms with Gasteiger partial charge in [-0.15, -0.1) is 0 Å². The maximum atomic E-state index is 12.7. The molecule has 1 aliphatic rings. The standard InChI is InChI=1S/C21H33N3O2/c1-16(2)15-24(21(26)22-19-7-5-6-18(4)14-19)13-10-20(25)23-11-8-17(3)9-12-23/h5-7,14,16-17H,8-13,15H2,1-4H3,(H,22,26). The van der Waals surface area contributed by atoms with Gasteiger partial charge in [-0.2, -0.15) is 0 Å². The third-order valence-electron chi connectivity index (χ3n) is 4.87. The molecule has 5 heteroatoms. The zero-order valence-electron chi connectivity index (χ0n) is 16.6. The number of carbonyl (C=O) groups excluding carboxylic acids is 2. The molecule has 5 nitrogen and oxygen atoms in total. The molecule has 1 aromatic rings. The number of carbonyl (C=O) groups is 2. The molecule has 0 aromatic heterocycles. The Balaban J connectivity index is 1.91. The van der Waals surface area contributed by atoms with E-state index in [0.29, 0.717) is 31.3 Å². The molecule has 0 bridgehead atoms. The quantitative estimate of drug-likeness (QED) is 0.830. The van der Waals surface area contributed by atoms with Crippen molar-refractivity contribution in [1.29, 1.82) is 0 Å². The first-order valence-corrected chi connectivity index (χ1v) is 9.75. The van der Waals surface area contributed by atoms with Crippen LogP contribution in [0, 0.1) is 18.8 Å². The molecule has 0 unspecified atom stereocenters. The number of piperidine rings is 1. The van der Waals surface area contributed by atoms with Crippen LogP contribution in [-0.4, -0.2) is 47.9 Å². The van der Waals surface area contributed by atoms with Gasteiger partial charge in [-0.1, -0.05) is 32.9 Å². The van der Waals surface area contributed by atoms with E-state index < -0.39 is 0 Å². The first-order chi connectivity index (χ1) is 12.3. The number of hydrogen-bond acceptors (Lipinski definition) is 2. The van der Waals surface area contributed by atoms with E-state index in [2.05, 4.69) is 26.1 Å². The van der Waals surface area contributed by atoms with Crippen LogP contribution in [0.4, 0.5) is 10.5 Å². The third kappa shape index (κ3) is 6.36. The third-order valence-corrected chi connectivity index (χ3v) is 4.87. The predicted molar refractivity (Wildman–Crippen MR) is 106 cm³/mol. The van der Waals surface area contributed by atoms with Crippen LogP contribution in [-0.2, 0) is 4.79 Å². The van der Waals surface area contributed by atoms with E-state index in [1.165, 1.54) is 0 Å². The van der Waals surface area contributed by atoms with Crippen LogP contribution in [0.15, 0.2) is 24.3 Å². The maximum absolute atomic E-state index is 12.7. The van der Waals surface area contributed by atoms with Crippen molar-refractivity contribution in [3.63, 3.8) is 0 Å². The van der Waals surface area contributed by atoms with Gasteiger partial charge in [0.2, 0.25) is 5.91 Å². The summed E-state index contributed by atoms with van der Waals surface area (Å²) in [5, 5.41) is 2.96. The number of benzene rings is 1. The van der Waals surface area contributed by atoms with Crippen molar-refractivity contribution < 1.29 is 9.59 Å². The van der Waals surface area contributed by atoms with Crippen molar-refractivity contribution in [3.8, 4) is 0 Å². The zero-order valence-corrected chi connectivity index (χ0v) is 16.6. The van der Waals surface area contributed by atoms with Crippen LogP contribution < -0.4 is 5.32 Å². The fraction of sp³-hybridized carbons (Fsp3) is 0.619. The van der Waals surface area contributed by atoms with Gasteiger partial charge < -0.3 is 15.1 Å². The number of nitrogens with one attached hydrogen (secondary N) is 1. The SMILES string of the molecule is Cc1cccc(NC(=O)N(CCC(=O)N2CCC(C)CC2)CC(C)C)c1. The first kappa shape index (κ1) is 20.3. The molecule has 0 saturated carbocycles. The molecule has 1 saturated heterocycles. The molecule has 26 heavy (non-hydrogen) atoms. The topological polar surface area (TPSA) is 52.7 Å². The van der Waals surface area contributed by atoms with Crippen molar-refractivity contribution in [2.75, 3.05) is 31.5 Å². The second-order valence-corrected chi connectivity index (χ2v) is 7.95. The number of rotatable bonds is 6. The second-order valence-electron chi connectivity index (χ2n) is 7.95. The summed E-state index contributed by atoms with van der Waals surface area (Å²) >= 11 is 0. The Morgan fingerprint density at radius 2 is 1.96 bits per heavy atom. The summed E-state index contributed by atoms with van der Waals surface area (Å²) in [6, 6.07) is 7.63. The van der Waals surface area contributed by atoms with E-state index >= 15 is 0 Å². The number of nitrogens with zero attached hydrogens (tertiary/aromatic N) is 2. The van der Waals surface area contributed by atoms with Gasteiger partial charge >= 0.3 is 6.03 Å². The Labute approximate surface area is 157 Å². The van der Waals surface area contributed by atoms with Crippen LogP contribution >= 0.6 is 0 Å². The molecule has 1 aromatic carbocycles. The summed E-state index contributed by atoms with van der Waals surface area (Å²) in [7, 11) is 0. The number of aryl methyl sites for hydroxylation is 1. The molecular weight excluding hydrogens is 326 g/mol. The van der Waals surface area contributed by atoms with E-state index in [1.807, 2.05) is 36.1 Å². The van der Waals surface area contributed by atoms with Gasteiger partial charge in [-0.25, -0.2) is 4.79 Å². The molecule has 1 N–H and O–H groups in total. The van der Waals surface area contributed by atoms with E-state index in [0.717, 1.165) is 37.2 Å². The summed E-state index contributed by atoms with van der Waals surface area (Å²) < 4.78 is 0. The van der Waals surface area contributed by atoms with Gasteiger partial charge in [0.25, 0.3) is 0 Å². The van der Waals surface area contributed by atoms with Crippen molar-refractivity contribution in [2.45, 2.75) is 47.0 Å². The number of urea groups is 1. The highest BCUT2D eigenvalue weighted by Crippen LogP contribution is 2.17. The predicted octanol–water partition coefficient (Wildman–Crippen LogP) is 4.13. The number of hydrogen-bond donors (Lipinski definition) is 1. The van der Waals surface area contributed by atoms with Gasteiger partial charge in [-0.3, -0.25) is 4.79 Å². The number of likely N-dealkylation sites (tertiary alicyclic amines) is 1. The Morgan fingerprint density at radius 3 is 2.58 bits per heavy atom. The molecule has 1 heterocycles. The molecule has 144 valence electrons. The minimum atomic E-state index is -0.135. The molecule has 1 aliphatic heterocycles. The van der Waals surface area contributed by atoms with Crippen LogP contribution in [0.1, 0.15) is 45.6 Å². The second kappa shape index (κ2) is 9.60. The molecule has 3 amide bonds. The fourth-order valence-electron chi connectivity index (χ4n) is 3.29. The highest BCUT2D eigenvalue weighted by molar-refractivity contribution is 5.89. The monoisotopic (exact) mass is 359 g/mol. The lowest BCUT2D eigenvalue weighted by molar-refractivity contribution is -0.132. The first-order valence-electron chi connectivity index (χ1n) is 9.75. The van der Waals surface area contributed by atoms with Crippen molar-refractivity contribution in [1.82, 2.24) is 9.80 Å². The summed E-state index contributed by atoms with van der Waals surface area (Å²) in [6.07, 6.45) is 2.55. The van der Waals surface area contributed by atoms with E-state index in [-0.39, 0.29) is 11.9 Å². The van der Waals surface area contributed by atoms with E-state index in [9.17, 15) is 9.59 Å². The number of amides is 3. The summed E-state index contributed by atoms with van der Waals surface area (Å²) in [5.41, 5.74) is 1.90. The highest BCUT2D eigenvalue weighted by atomic mass is 16.2. The molecule has 0 radical (unpaired) electrons. The molecule has 0 atom stereocenters. The molecule has 2 rings (SSSR count). The lowest BCUT2D eigenvalue weighted by Gasteiger charge is -2.31. The lowest BCUT2D eigenvalue weighted by atomic mass is 9.99. The Bertz CT molecular complexity index is 607. The van der Waals surface area contributed by atoms with Gasteiger partial charge in [0.1, 0.15) is 0 Å². The van der Waals surface area contributed by atoms with E-state index in [1.54, 1.807) is 4.90 Å². The van der Waals surface area contributed by atoms with Crippen molar-refractivity contribution >= 4 is 17.6 Å². The summed E-state index contributed by atoms with van der Waals surface area (Å²) in [6.45, 7) is 11.2.